The van der Waals surface area contributed by atoms with Crippen molar-refractivity contribution >= 4 is 49.2 Å². The summed E-state index contributed by atoms with van der Waals surface area (Å²) in [5.74, 6) is 0.627. The van der Waals surface area contributed by atoms with Gasteiger partial charge in [0.05, 0.1) is 0 Å². The molecule has 0 aliphatic rings. The maximum Gasteiger partial charge on any atom is 3.00 e. The molecule has 2 N–H and O–H groups in total. The zero-order valence-corrected chi connectivity index (χ0v) is 12.4. The molecule has 0 radical (unpaired) electrons. The molecule has 0 aliphatic heterocycles. The zero-order chi connectivity index (χ0) is 14.7. The monoisotopic (exact) mass is 390 g/mol. The quantitative estimate of drug-likeness (QED) is 0.185. The van der Waals surface area contributed by atoms with E-state index in [1.54, 1.807) is 6.08 Å². The van der Waals surface area contributed by atoms with E-state index in [1.807, 2.05) is 0 Å². The van der Waals surface area contributed by atoms with E-state index in [-0.39, 0.29) is 21.5 Å². The third kappa shape index (κ3) is 210. The van der Waals surface area contributed by atoms with Gasteiger partial charge in [0, 0.05) is 16.2 Å². The van der Waals surface area contributed by atoms with E-state index in [0.717, 1.165) is 11.8 Å². The molecular weight excluding hydrogens is 384 g/mol. The van der Waals surface area contributed by atoms with Crippen LogP contribution in [0.15, 0.2) is 12.7 Å². The summed E-state index contributed by atoms with van der Waals surface area (Å²) in [5.41, 5.74) is 0. The van der Waals surface area contributed by atoms with Crippen LogP contribution >= 0.6 is 24.0 Å². The van der Waals surface area contributed by atoms with Crippen molar-refractivity contribution in [1.82, 2.24) is 0 Å². The molecule has 14 heteroatoms. The van der Waals surface area contributed by atoms with Crippen LogP contribution in [-0.2, 0) is 37.9 Å². The molecular formula is C4H7CuO9S4. The van der Waals surface area contributed by atoms with Crippen LogP contribution in [0.3, 0.4) is 0 Å². The Morgan fingerprint density at radius 2 is 1.50 bits per heavy atom. The molecule has 0 saturated heterocycles. The minimum absolute atomic E-state index is 0. The van der Waals surface area contributed by atoms with Gasteiger partial charge in [0.1, 0.15) is 0 Å². The molecule has 0 aromatic carbocycles. The van der Waals surface area contributed by atoms with Crippen LogP contribution in [0.4, 0.5) is 0 Å². The molecule has 0 aromatic rings. The van der Waals surface area contributed by atoms with Crippen molar-refractivity contribution < 1.29 is 57.2 Å². The molecule has 0 aromatic heterocycles. The van der Waals surface area contributed by atoms with Crippen LogP contribution in [0.5, 0.6) is 0 Å². The largest absolute Gasteiger partial charge is 3.00 e. The Morgan fingerprint density at radius 1 is 1.28 bits per heavy atom. The summed E-state index contributed by atoms with van der Waals surface area (Å²) < 4.78 is 65.4. The van der Waals surface area contributed by atoms with Gasteiger partial charge in [0.25, 0.3) is 0 Å². The first-order chi connectivity index (χ1) is 7.27. The number of rotatable bonds is 2. The van der Waals surface area contributed by atoms with Crippen molar-refractivity contribution in [3.63, 3.8) is 0 Å². The van der Waals surface area contributed by atoms with E-state index in [0.29, 0.717) is 5.75 Å². The molecule has 0 heterocycles. The molecule has 0 saturated carbocycles. The van der Waals surface area contributed by atoms with Crippen molar-refractivity contribution in [2.75, 3.05) is 5.75 Å². The van der Waals surface area contributed by atoms with E-state index < -0.39 is 20.8 Å². The summed E-state index contributed by atoms with van der Waals surface area (Å²) in [5, 5.41) is 9.93. The van der Waals surface area contributed by atoms with Crippen LogP contribution in [0.2, 0.25) is 0 Å². The number of thioether (sulfide) groups is 1. The summed E-state index contributed by atoms with van der Waals surface area (Å²) in [6.45, 7) is 3.41. The molecule has 0 fully saturated rings. The predicted molar refractivity (Wildman–Crippen MR) is 59.9 cm³/mol. The summed E-state index contributed by atoms with van der Waals surface area (Å²) >= 11 is 5.31. The fourth-order valence-electron chi connectivity index (χ4n) is 0.127. The van der Waals surface area contributed by atoms with E-state index in [1.165, 1.54) is 0 Å². The topological polar surface area (TPSA) is 178 Å². The summed E-state index contributed by atoms with van der Waals surface area (Å²) in [6, 6.07) is 0. The smallest absolute Gasteiger partial charge is 0.860 e. The first kappa shape index (κ1) is 26.7. The van der Waals surface area contributed by atoms with Gasteiger partial charge in [-0.2, -0.15) is 8.42 Å². The van der Waals surface area contributed by atoms with Gasteiger partial charge in [0.15, 0.2) is 0 Å². The van der Waals surface area contributed by atoms with Crippen molar-refractivity contribution in [2.24, 2.45) is 0 Å². The average Bonchev–Trinajstić information content (AvgIpc) is 1.93. The fourth-order valence-corrected chi connectivity index (χ4v) is 0.585. The Balaban J connectivity index is -0.0000000813. The van der Waals surface area contributed by atoms with Gasteiger partial charge < -0.3 is 14.2 Å². The molecule has 0 unspecified atom stereocenters. The number of thiocarbonyl (C=S) groups is 1. The predicted octanol–water partition coefficient (Wildman–Crippen LogP) is -1.44. The van der Waals surface area contributed by atoms with Gasteiger partial charge >= 0.3 is 27.5 Å². The minimum Gasteiger partial charge on any atom is -0.860 e. The van der Waals surface area contributed by atoms with E-state index in [2.05, 4.69) is 18.8 Å². The maximum atomic E-state index is 9.93. The van der Waals surface area contributed by atoms with Gasteiger partial charge in [-0.3, -0.25) is 17.5 Å². The van der Waals surface area contributed by atoms with Gasteiger partial charge in [-0.1, -0.05) is 18.3 Å². The van der Waals surface area contributed by atoms with Crippen molar-refractivity contribution in [2.45, 2.75) is 0 Å². The normalized spacial score (nSPS) is 9.56. The van der Waals surface area contributed by atoms with Crippen molar-refractivity contribution in [1.29, 1.82) is 0 Å². The molecule has 0 bridgehead atoms. The second-order valence-electron chi connectivity index (χ2n) is 1.71. The summed E-state index contributed by atoms with van der Waals surface area (Å²) in [6.07, 6.45) is 1.65. The molecule has 0 rings (SSSR count). The van der Waals surface area contributed by atoms with Crippen LogP contribution < -0.4 is 5.11 Å². The molecule has 0 spiro atoms. The number of hydrogen-bond donors (Lipinski definition) is 2. The third-order valence-corrected chi connectivity index (χ3v) is 1.31. The Hall–Kier alpha value is 0.239. The number of hydrogen-bond acceptors (Lipinski definition) is 9. The Morgan fingerprint density at radius 3 is 1.56 bits per heavy atom. The van der Waals surface area contributed by atoms with E-state index in [4.69, 9.17) is 35.0 Å². The molecule has 0 amide bonds. The molecule has 112 valence electrons. The first-order valence-electron chi connectivity index (χ1n) is 3.08. The standard InChI is InChI=1S/C4H6OS2.Cu.2H2O4S/c1-2-3-7-4(5)6;;2*1-5(2,3)4/h2H,1,3H2,(H,5,6);;2*(H2,1,2,3,4)/q;+3;;/p-3. The van der Waals surface area contributed by atoms with Crippen LogP contribution in [0.1, 0.15) is 0 Å². The average molecular weight is 391 g/mol. The Labute approximate surface area is 124 Å². The van der Waals surface area contributed by atoms with Crippen LogP contribution in [-0.4, -0.2) is 45.2 Å². The molecule has 0 aliphatic carbocycles. The maximum absolute atomic E-state index is 9.93. The Bertz CT molecular complexity index is 366. The van der Waals surface area contributed by atoms with E-state index >= 15 is 0 Å². The SMILES string of the molecule is C=CCSC([O-])=S.O=S(=O)(O)O.O=S(=O)([O-])[O-].[Cu+3]. The van der Waals surface area contributed by atoms with Gasteiger partial charge in [0.2, 0.25) is 0 Å². The van der Waals surface area contributed by atoms with Crippen molar-refractivity contribution in [3.8, 4) is 0 Å². The second-order valence-corrected chi connectivity index (χ2v) is 5.04. The van der Waals surface area contributed by atoms with Gasteiger partial charge in [-0.15, -0.1) is 18.3 Å². The van der Waals surface area contributed by atoms with Gasteiger partial charge in [-0.05, 0) is 4.38 Å². The van der Waals surface area contributed by atoms with Crippen LogP contribution in [0.25, 0.3) is 0 Å². The molecule has 18 heavy (non-hydrogen) atoms. The van der Waals surface area contributed by atoms with E-state index in [9.17, 15) is 5.11 Å². The Kier molecular flexibility index (Phi) is 20.3. The van der Waals surface area contributed by atoms with Crippen LogP contribution in [0, 0.1) is 0 Å². The fraction of sp³-hybridized carbons (Fsp3) is 0.250. The molecule has 0 atom stereocenters. The van der Waals surface area contributed by atoms with Crippen molar-refractivity contribution in [3.05, 3.63) is 12.7 Å². The second kappa shape index (κ2) is 13.7. The third-order valence-electron chi connectivity index (χ3n) is 0.319. The summed E-state index contributed by atoms with van der Waals surface area (Å²) in [7, 11) is -9.83. The first-order valence-corrected chi connectivity index (χ1v) is 7.21. The van der Waals surface area contributed by atoms with Gasteiger partial charge in [-0.25, -0.2) is 0 Å². The zero-order valence-electron chi connectivity index (χ0n) is 8.18. The summed E-state index contributed by atoms with van der Waals surface area (Å²) in [4.78, 5) is 0. The molecule has 9 nitrogen and oxygen atoms in total. The minimum atomic E-state index is -5.17.